The van der Waals surface area contributed by atoms with Crippen LogP contribution < -0.4 is 21.3 Å². The first-order valence-electron chi connectivity index (χ1n) is 11.8. The second-order valence-electron chi connectivity index (χ2n) is 9.40. The number of rotatable bonds is 6. The van der Waals surface area contributed by atoms with Crippen LogP contribution >= 0.6 is 0 Å². The summed E-state index contributed by atoms with van der Waals surface area (Å²) in [6.07, 6.45) is 7.28. The molecule has 178 valence electrons. The van der Waals surface area contributed by atoms with Crippen LogP contribution in [0.4, 0.5) is 16.3 Å². The van der Waals surface area contributed by atoms with Crippen molar-refractivity contribution in [2.45, 2.75) is 57.4 Å². The summed E-state index contributed by atoms with van der Waals surface area (Å²) in [5.74, 6) is 0.0324. The summed E-state index contributed by atoms with van der Waals surface area (Å²) in [5.41, 5.74) is 5.05. The first-order chi connectivity index (χ1) is 15.8. The van der Waals surface area contributed by atoms with Gasteiger partial charge in [-0.1, -0.05) is 13.3 Å². The Kier molecular flexibility index (Phi) is 6.53. The number of aromatic nitrogens is 1. The Labute approximate surface area is 193 Å². The minimum absolute atomic E-state index is 0.190. The number of nitrogens with zero attached hydrogens (tertiary/aromatic N) is 3. The van der Waals surface area contributed by atoms with Gasteiger partial charge >= 0.3 is 6.03 Å². The van der Waals surface area contributed by atoms with E-state index in [1.807, 2.05) is 4.90 Å². The van der Waals surface area contributed by atoms with E-state index in [4.69, 9.17) is 5.73 Å². The average Bonchev–Trinajstić information content (AvgIpc) is 3.04. The number of nitrogens with two attached hydrogens (primary N) is 1. The predicted octanol–water partition coefficient (Wildman–Crippen LogP) is 1.61. The number of anilines is 2. The second kappa shape index (κ2) is 9.36. The van der Waals surface area contributed by atoms with Gasteiger partial charge in [-0.05, 0) is 56.6 Å². The van der Waals surface area contributed by atoms with Crippen LogP contribution in [0.3, 0.4) is 0 Å². The van der Waals surface area contributed by atoms with Crippen LogP contribution in [0.5, 0.6) is 0 Å². The Morgan fingerprint density at radius 2 is 2.00 bits per heavy atom. The molecule has 1 unspecified atom stereocenters. The molecule has 3 aliphatic rings. The van der Waals surface area contributed by atoms with Crippen molar-refractivity contribution in [3.05, 3.63) is 18.3 Å². The highest BCUT2D eigenvalue weighted by molar-refractivity contribution is 6.10. The van der Waals surface area contributed by atoms with Gasteiger partial charge in [-0.25, -0.2) is 9.78 Å². The number of pyridine rings is 1. The molecule has 3 fully saturated rings. The van der Waals surface area contributed by atoms with Gasteiger partial charge in [0.2, 0.25) is 11.8 Å². The van der Waals surface area contributed by atoms with E-state index < -0.39 is 17.5 Å². The molecule has 2 saturated heterocycles. The third kappa shape index (κ3) is 4.79. The molecule has 1 aromatic heterocycles. The molecule has 4 rings (SSSR count). The minimum atomic E-state index is -0.858. The van der Waals surface area contributed by atoms with Crippen molar-refractivity contribution < 1.29 is 19.2 Å². The number of piperidine rings is 1. The van der Waals surface area contributed by atoms with E-state index in [1.54, 1.807) is 12.1 Å². The highest BCUT2D eigenvalue weighted by Gasteiger charge is 2.52. The maximum atomic E-state index is 13.0. The van der Waals surface area contributed by atoms with Crippen molar-refractivity contribution in [1.82, 2.24) is 15.2 Å². The molecule has 33 heavy (non-hydrogen) atoms. The fraction of sp³-hybridized carbons (Fsp3) is 0.609. The molecular formula is C23H32N6O4. The molecule has 5 amide bonds. The van der Waals surface area contributed by atoms with Gasteiger partial charge in [-0.2, -0.15) is 0 Å². The topological polar surface area (TPSA) is 138 Å². The zero-order chi connectivity index (χ0) is 23.6. The molecule has 4 N–H and O–H groups in total. The molecule has 1 aromatic rings. The molecule has 2 aliphatic heterocycles. The number of hydrogen-bond donors (Lipinski definition) is 3. The minimum Gasteiger partial charge on any atom is -0.369 e. The lowest BCUT2D eigenvalue weighted by Gasteiger charge is -2.34. The lowest BCUT2D eigenvalue weighted by Crippen LogP contribution is -2.49. The van der Waals surface area contributed by atoms with E-state index >= 15 is 0 Å². The highest BCUT2D eigenvalue weighted by atomic mass is 16.2. The normalized spacial score (nSPS) is 27.5. The number of nitrogens with one attached hydrogen (secondary N) is 2. The van der Waals surface area contributed by atoms with Crippen molar-refractivity contribution in [3.63, 3.8) is 0 Å². The van der Waals surface area contributed by atoms with E-state index in [9.17, 15) is 19.2 Å². The van der Waals surface area contributed by atoms with Crippen LogP contribution in [0.25, 0.3) is 0 Å². The quantitative estimate of drug-likeness (QED) is 0.556. The molecule has 1 aliphatic carbocycles. The standard InChI is InChI=1S/C23H32N6O4/c1-2-15-7-9-23(10-8-15)21(32)29(22(33)27-23)14-19(30)26-17-5-6-18(25-12-17)28-11-3-4-16(13-28)20(24)31/h5-6,12,15-16H,2-4,7-11,13-14H2,1H3,(H2,24,31)(H,26,30)(H,27,33). The maximum absolute atomic E-state index is 13.0. The fourth-order valence-electron chi connectivity index (χ4n) is 5.15. The SMILES string of the molecule is CCC1CCC2(CC1)NC(=O)N(CC(=O)Nc1ccc(N3CCCC(C(N)=O)C3)nc1)C2=O. The van der Waals surface area contributed by atoms with Gasteiger partial charge in [0.1, 0.15) is 17.9 Å². The van der Waals surface area contributed by atoms with Crippen LogP contribution in [0.2, 0.25) is 0 Å². The first kappa shape index (κ1) is 23.0. The van der Waals surface area contributed by atoms with Crippen LogP contribution in [0.1, 0.15) is 51.9 Å². The molecule has 0 radical (unpaired) electrons. The number of imide groups is 1. The Morgan fingerprint density at radius 1 is 1.24 bits per heavy atom. The van der Waals surface area contributed by atoms with Gasteiger partial charge in [0, 0.05) is 13.1 Å². The van der Waals surface area contributed by atoms with Crippen LogP contribution in [0, 0.1) is 11.8 Å². The Morgan fingerprint density at radius 3 is 2.64 bits per heavy atom. The summed E-state index contributed by atoms with van der Waals surface area (Å²) in [4.78, 5) is 56.9. The van der Waals surface area contributed by atoms with Crippen LogP contribution in [-0.2, 0) is 14.4 Å². The third-order valence-corrected chi connectivity index (χ3v) is 7.26. The lowest BCUT2D eigenvalue weighted by atomic mass is 9.75. The van der Waals surface area contributed by atoms with Crippen molar-refractivity contribution in [1.29, 1.82) is 0 Å². The summed E-state index contributed by atoms with van der Waals surface area (Å²) in [6, 6.07) is 2.98. The Balaban J connectivity index is 1.33. The number of urea groups is 1. The number of primary amides is 1. The number of hydrogen-bond acceptors (Lipinski definition) is 6. The summed E-state index contributed by atoms with van der Waals surface area (Å²) >= 11 is 0. The summed E-state index contributed by atoms with van der Waals surface area (Å²) < 4.78 is 0. The van der Waals surface area contributed by atoms with Crippen molar-refractivity contribution in [3.8, 4) is 0 Å². The number of amides is 5. The average molecular weight is 457 g/mol. The summed E-state index contributed by atoms with van der Waals surface area (Å²) in [5, 5.41) is 5.55. The molecule has 3 heterocycles. The lowest BCUT2D eigenvalue weighted by molar-refractivity contribution is -0.135. The van der Waals surface area contributed by atoms with Crippen molar-refractivity contribution in [2.75, 3.05) is 29.9 Å². The predicted molar refractivity (Wildman–Crippen MR) is 122 cm³/mol. The van der Waals surface area contributed by atoms with E-state index in [0.717, 1.165) is 43.5 Å². The Hall–Kier alpha value is -3.17. The maximum Gasteiger partial charge on any atom is 0.325 e. The monoisotopic (exact) mass is 456 g/mol. The van der Waals surface area contributed by atoms with E-state index in [-0.39, 0.29) is 24.3 Å². The molecule has 10 nitrogen and oxygen atoms in total. The molecule has 0 bridgehead atoms. The fourth-order valence-corrected chi connectivity index (χ4v) is 5.15. The van der Waals surface area contributed by atoms with Crippen LogP contribution in [-0.4, -0.2) is 58.8 Å². The second-order valence-corrected chi connectivity index (χ2v) is 9.40. The highest BCUT2D eigenvalue weighted by Crippen LogP contribution is 2.37. The molecule has 1 spiro atoms. The summed E-state index contributed by atoms with van der Waals surface area (Å²) in [6.45, 7) is 3.12. The number of carbonyl (C=O) groups excluding carboxylic acids is 4. The molecule has 1 atom stereocenters. The molecule has 10 heteroatoms. The van der Waals surface area contributed by atoms with E-state index in [0.29, 0.717) is 36.8 Å². The largest absolute Gasteiger partial charge is 0.369 e. The number of carbonyl (C=O) groups is 4. The summed E-state index contributed by atoms with van der Waals surface area (Å²) in [7, 11) is 0. The van der Waals surface area contributed by atoms with Gasteiger partial charge in [0.15, 0.2) is 0 Å². The van der Waals surface area contributed by atoms with Gasteiger partial charge in [0.05, 0.1) is 17.8 Å². The zero-order valence-corrected chi connectivity index (χ0v) is 19.0. The smallest absolute Gasteiger partial charge is 0.325 e. The molecule has 1 saturated carbocycles. The first-order valence-corrected chi connectivity index (χ1v) is 11.8. The zero-order valence-electron chi connectivity index (χ0n) is 19.0. The van der Waals surface area contributed by atoms with Gasteiger partial charge in [-0.3, -0.25) is 19.3 Å². The van der Waals surface area contributed by atoms with Crippen LogP contribution in [0.15, 0.2) is 18.3 Å². The van der Waals surface area contributed by atoms with Crippen molar-refractivity contribution in [2.24, 2.45) is 17.6 Å². The molecular weight excluding hydrogens is 424 g/mol. The van der Waals surface area contributed by atoms with E-state index in [2.05, 4.69) is 22.5 Å². The van der Waals surface area contributed by atoms with Gasteiger partial charge in [0.25, 0.3) is 5.91 Å². The van der Waals surface area contributed by atoms with E-state index in [1.165, 1.54) is 6.20 Å². The third-order valence-electron chi connectivity index (χ3n) is 7.26. The van der Waals surface area contributed by atoms with Gasteiger partial charge < -0.3 is 21.3 Å². The van der Waals surface area contributed by atoms with Crippen molar-refractivity contribution >= 4 is 35.3 Å². The molecule has 0 aromatic carbocycles. The Bertz CT molecular complexity index is 925. The van der Waals surface area contributed by atoms with Gasteiger partial charge in [-0.15, -0.1) is 0 Å².